The van der Waals surface area contributed by atoms with Gasteiger partial charge in [-0.1, -0.05) is 28.1 Å². The molecule has 1 amide bonds. The van der Waals surface area contributed by atoms with Crippen molar-refractivity contribution in [3.63, 3.8) is 0 Å². The van der Waals surface area contributed by atoms with Gasteiger partial charge in [-0.2, -0.15) is 0 Å². The molecule has 0 atom stereocenters. The third-order valence-electron chi connectivity index (χ3n) is 4.48. The number of para-hydroxylation sites is 1. The van der Waals surface area contributed by atoms with Crippen LogP contribution in [0.25, 0.3) is 17.0 Å². The van der Waals surface area contributed by atoms with Crippen LogP contribution < -0.4 is 10.3 Å². The molecule has 1 N–H and O–H groups in total. The predicted octanol–water partition coefficient (Wildman–Crippen LogP) is 3.38. The second-order valence-corrected chi connectivity index (χ2v) is 7.42. The summed E-state index contributed by atoms with van der Waals surface area (Å²) in [7, 11) is 3.15. The Kier molecular flexibility index (Phi) is 7.37. The number of aromatic amines is 1. The molecule has 1 aromatic heterocycles. The summed E-state index contributed by atoms with van der Waals surface area (Å²) in [6.07, 6.45) is 3.17. The Morgan fingerprint density at radius 2 is 2.03 bits per heavy atom. The van der Waals surface area contributed by atoms with E-state index in [1.54, 1.807) is 43.4 Å². The molecule has 8 heteroatoms. The van der Waals surface area contributed by atoms with E-state index in [2.05, 4.69) is 25.9 Å². The summed E-state index contributed by atoms with van der Waals surface area (Å²) >= 11 is 3.42. The fraction of sp³-hybridized carbons (Fsp3) is 0.227. The summed E-state index contributed by atoms with van der Waals surface area (Å²) in [6, 6.07) is 12.6. The standard InChI is InChI=1S/C22H22BrN3O4/c1-29-12-11-26(14-20-24-18-6-4-3-5-17(18)22(28)25-20)21(27)10-7-15-13-16(23)8-9-19(15)30-2/h3-10,13H,11-12,14H2,1-2H3,(H,24,25,28)/b10-7+. The average molecular weight is 472 g/mol. The number of halogens is 1. The fourth-order valence-corrected chi connectivity index (χ4v) is 3.34. The second-order valence-electron chi connectivity index (χ2n) is 6.50. The Balaban J connectivity index is 1.84. The van der Waals surface area contributed by atoms with E-state index >= 15 is 0 Å². The van der Waals surface area contributed by atoms with Gasteiger partial charge in [0, 0.05) is 29.8 Å². The van der Waals surface area contributed by atoms with Crippen molar-refractivity contribution in [2.24, 2.45) is 0 Å². The predicted molar refractivity (Wildman–Crippen MR) is 119 cm³/mol. The highest BCUT2D eigenvalue weighted by molar-refractivity contribution is 9.10. The van der Waals surface area contributed by atoms with Crippen molar-refractivity contribution in [3.8, 4) is 5.75 Å². The molecule has 0 radical (unpaired) electrons. The molecule has 0 aliphatic carbocycles. The Bertz CT molecular complexity index is 1130. The van der Waals surface area contributed by atoms with Gasteiger partial charge in [0.05, 0.1) is 31.2 Å². The molecule has 156 valence electrons. The van der Waals surface area contributed by atoms with Crippen LogP contribution in [0.15, 0.2) is 57.8 Å². The Morgan fingerprint density at radius 1 is 1.23 bits per heavy atom. The minimum absolute atomic E-state index is 0.155. The third kappa shape index (κ3) is 5.34. The number of fused-ring (bicyclic) bond motifs is 1. The molecular weight excluding hydrogens is 450 g/mol. The Labute approximate surface area is 182 Å². The number of carbonyl (C=O) groups is 1. The van der Waals surface area contributed by atoms with Gasteiger partial charge in [-0.3, -0.25) is 9.59 Å². The summed E-state index contributed by atoms with van der Waals surface area (Å²) in [4.78, 5) is 34.0. The van der Waals surface area contributed by atoms with Crippen molar-refractivity contribution in [1.29, 1.82) is 0 Å². The largest absolute Gasteiger partial charge is 0.496 e. The number of amides is 1. The van der Waals surface area contributed by atoms with E-state index in [9.17, 15) is 9.59 Å². The highest BCUT2D eigenvalue weighted by Crippen LogP contribution is 2.24. The quantitative estimate of drug-likeness (QED) is 0.509. The first kappa shape index (κ1) is 21.7. The van der Waals surface area contributed by atoms with Crippen molar-refractivity contribution in [1.82, 2.24) is 14.9 Å². The number of hydrogen-bond donors (Lipinski definition) is 1. The first-order valence-corrected chi connectivity index (χ1v) is 10.1. The Hall–Kier alpha value is -2.97. The molecule has 0 spiro atoms. The van der Waals surface area contributed by atoms with E-state index in [-0.39, 0.29) is 18.0 Å². The normalized spacial score (nSPS) is 11.2. The smallest absolute Gasteiger partial charge is 0.258 e. The monoisotopic (exact) mass is 471 g/mol. The molecule has 2 aromatic carbocycles. The maximum atomic E-state index is 12.9. The van der Waals surface area contributed by atoms with Crippen LogP contribution >= 0.6 is 15.9 Å². The van der Waals surface area contributed by atoms with E-state index in [1.165, 1.54) is 6.08 Å². The van der Waals surface area contributed by atoms with Gasteiger partial charge < -0.3 is 19.4 Å². The number of nitrogens with zero attached hydrogens (tertiary/aromatic N) is 2. The molecule has 30 heavy (non-hydrogen) atoms. The number of ether oxygens (including phenoxy) is 2. The van der Waals surface area contributed by atoms with Gasteiger partial charge in [0.2, 0.25) is 5.91 Å². The lowest BCUT2D eigenvalue weighted by Crippen LogP contribution is -2.33. The second kappa shape index (κ2) is 10.2. The lowest BCUT2D eigenvalue weighted by molar-refractivity contribution is -0.127. The van der Waals surface area contributed by atoms with E-state index in [1.807, 2.05) is 24.3 Å². The van der Waals surface area contributed by atoms with Crippen molar-refractivity contribution < 1.29 is 14.3 Å². The van der Waals surface area contributed by atoms with Gasteiger partial charge >= 0.3 is 0 Å². The molecule has 0 saturated carbocycles. The van der Waals surface area contributed by atoms with Crippen LogP contribution in [0, 0.1) is 0 Å². The third-order valence-corrected chi connectivity index (χ3v) is 4.97. The first-order chi connectivity index (χ1) is 14.5. The zero-order chi connectivity index (χ0) is 21.5. The maximum absolute atomic E-state index is 12.9. The number of rotatable bonds is 8. The van der Waals surface area contributed by atoms with Gasteiger partial charge in [-0.15, -0.1) is 0 Å². The summed E-state index contributed by atoms with van der Waals surface area (Å²) in [5.74, 6) is 0.840. The topological polar surface area (TPSA) is 84.5 Å². The maximum Gasteiger partial charge on any atom is 0.258 e. The van der Waals surface area contributed by atoms with Crippen LogP contribution in [0.2, 0.25) is 0 Å². The molecular formula is C22H22BrN3O4. The van der Waals surface area contributed by atoms with Crippen LogP contribution in [0.4, 0.5) is 0 Å². The van der Waals surface area contributed by atoms with Crippen LogP contribution in [-0.4, -0.2) is 48.1 Å². The number of methoxy groups -OCH3 is 2. The van der Waals surface area contributed by atoms with Crippen molar-refractivity contribution >= 4 is 38.8 Å². The zero-order valence-electron chi connectivity index (χ0n) is 16.7. The fourth-order valence-electron chi connectivity index (χ4n) is 2.96. The van der Waals surface area contributed by atoms with E-state index in [0.29, 0.717) is 35.6 Å². The van der Waals surface area contributed by atoms with Gasteiger partial charge in [-0.05, 0) is 36.4 Å². The van der Waals surface area contributed by atoms with Crippen molar-refractivity contribution in [2.75, 3.05) is 27.4 Å². The van der Waals surface area contributed by atoms with Gasteiger partial charge in [-0.25, -0.2) is 4.98 Å². The first-order valence-electron chi connectivity index (χ1n) is 9.29. The van der Waals surface area contributed by atoms with Gasteiger partial charge in [0.1, 0.15) is 11.6 Å². The summed E-state index contributed by atoms with van der Waals surface area (Å²) in [5, 5.41) is 0.512. The zero-order valence-corrected chi connectivity index (χ0v) is 18.3. The number of hydrogen-bond acceptors (Lipinski definition) is 5. The average Bonchev–Trinajstić information content (AvgIpc) is 2.75. The van der Waals surface area contributed by atoms with Crippen LogP contribution in [0.3, 0.4) is 0 Å². The van der Waals surface area contributed by atoms with Gasteiger partial charge in [0.15, 0.2) is 0 Å². The number of carbonyl (C=O) groups excluding carboxylic acids is 1. The van der Waals surface area contributed by atoms with E-state index in [4.69, 9.17) is 9.47 Å². The summed E-state index contributed by atoms with van der Waals surface area (Å²) in [6.45, 7) is 0.867. The lowest BCUT2D eigenvalue weighted by Gasteiger charge is -2.20. The van der Waals surface area contributed by atoms with Crippen molar-refractivity contribution in [3.05, 3.63) is 74.8 Å². The highest BCUT2D eigenvalue weighted by atomic mass is 79.9. The minimum Gasteiger partial charge on any atom is -0.496 e. The molecule has 0 fully saturated rings. The molecule has 0 unspecified atom stereocenters. The molecule has 0 aliphatic rings. The lowest BCUT2D eigenvalue weighted by atomic mass is 10.2. The van der Waals surface area contributed by atoms with Crippen LogP contribution in [-0.2, 0) is 16.1 Å². The summed E-state index contributed by atoms with van der Waals surface area (Å²) in [5.41, 5.74) is 1.12. The van der Waals surface area contributed by atoms with Crippen LogP contribution in [0.5, 0.6) is 5.75 Å². The molecule has 1 heterocycles. The number of benzene rings is 2. The Morgan fingerprint density at radius 3 is 2.80 bits per heavy atom. The van der Waals surface area contributed by atoms with Crippen LogP contribution in [0.1, 0.15) is 11.4 Å². The number of H-pyrrole nitrogens is 1. The number of nitrogens with one attached hydrogen (secondary N) is 1. The van der Waals surface area contributed by atoms with Gasteiger partial charge in [0.25, 0.3) is 5.56 Å². The summed E-state index contributed by atoms with van der Waals surface area (Å²) < 4.78 is 11.4. The highest BCUT2D eigenvalue weighted by Gasteiger charge is 2.14. The minimum atomic E-state index is -0.232. The molecule has 0 aliphatic heterocycles. The molecule has 0 bridgehead atoms. The molecule has 0 saturated heterocycles. The van der Waals surface area contributed by atoms with E-state index < -0.39 is 0 Å². The molecule has 3 aromatic rings. The molecule has 3 rings (SSSR count). The number of aromatic nitrogens is 2. The van der Waals surface area contributed by atoms with E-state index in [0.717, 1.165) is 10.0 Å². The van der Waals surface area contributed by atoms with Crippen molar-refractivity contribution in [2.45, 2.75) is 6.54 Å². The SMILES string of the molecule is COCCN(Cc1nc2ccccc2c(=O)[nH]1)C(=O)/C=C/c1cc(Br)ccc1OC. The molecule has 7 nitrogen and oxygen atoms in total.